The van der Waals surface area contributed by atoms with E-state index in [0.29, 0.717) is 17.9 Å². The molecule has 0 unspecified atom stereocenters. The Morgan fingerprint density at radius 2 is 1.77 bits per heavy atom. The Hall–Kier alpha value is -2.57. The van der Waals surface area contributed by atoms with Crippen molar-refractivity contribution in [3.05, 3.63) is 24.3 Å². The second kappa shape index (κ2) is 10.5. The van der Waals surface area contributed by atoms with E-state index in [0.717, 1.165) is 19.3 Å². The van der Waals surface area contributed by atoms with Gasteiger partial charge in [0.2, 0.25) is 17.7 Å². The molecule has 7 heteroatoms. The van der Waals surface area contributed by atoms with Gasteiger partial charge in [-0.1, -0.05) is 27.7 Å². The molecule has 0 aliphatic heterocycles. The van der Waals surface area contributed by atoms with E-state index in [2.05, 4.69) is 38.3 Å². The van der Waals surface area contributed by atoms with E-state index in [9.17, 15) is 14.4 Å². The van der Waals surface area contributed by atoms with Gasteiger partial charge in [0.15, 0.2) is 0 Å². The molecule has 30 heavy (non-hydrogen) atoms. The second-order valence-corrected chi connectivity index (χ2v) is 9.38. The number of rotatable bonds is 10. The summed E-state index contributed by atoms with van der Waals surface area (Å²) in [5, 5.41) is 5.33. The van der Waals surface area contributed by atoms with E-state index in [1.165, 1.54) is 0 Å². The quantitative estimate of drug-likeness (QED) is 0.612. The summed E-state index contributed by atoms with van der Waals surface area (Å²) in [7, 11) is 1.57. The number of carbonyl (C=O) groups is 3. The van der Waals surface area contributed by atoms with Gasteiger partial charge in [-0.2, -0.15) is 0 Å². The van der Waals surface area contributed by atoms with Crippen molar-refractivity contribution in [2.45, 2.75) is 59.4 Å². The van der Waals surface area contributed by atoms with Crippen LogP contribution in [0.15, 0.2) is 24.3 Å². The van der Waals surface area contributed by atoms with Gasteiger partial charge in [-0.3, -0.25) is 14.4 Å². The highest BCUT2D eigenvalue weighted by Crippen LogP contribution is 2.30. The molecule has 1 aromatic rings. The minimum atomic E-state index is -0.323. The maximum atomic E-state index is 12.7. The molecule has 3 amide bonds. The van der Waals surface area contributed by atoms with Gasteiger partial charge in [0.1, 0.15) is 5.75 Å². The monoisotopic (exact) mass is 417 g/mol. The maximum absolute atomic E-state index is 12.7. The van der Waals surface area contributed by atoms with Crippen LogP contribution in [0, 0.1) is 11.3 Å². The third-order valence-electron chi connectivity index (χ3n) is 4.93. The van der Waals surface area contributed by atoms with Gasteiger partial charge in [0.25, 0.3) is 0 Å². The molecule has 0 radical (unpaired) electrons. The zero-order valence-corrected chi connectivity index (χ0v) is 18.8. The Morgan fingerprint density at radius 3 is 2.30 bits per heavy atom. The average Bonchev–Trinajstić information content (AvgIpc) is 3.48. The molecule has 0 bridgehead atoms. The van der Waals surface area contributed by atoms with E-state index in [1.54, 1.807) is 36.3 Å². The van der Waals surface area contributed by atoms with Crippen LogP contribution in [0.1, 0.15) is 53.4 Å². The van der Waals surface area contributed by atoms with E-state index in [4.69, 9.17) is 4.74 Å². The summed E-state index contributed by atoms with van der Waals surface area (Å²) >= 11 is 0. The fraction of sp³-hybridized carbons (Fsp3) is 0.609. The van der Waals surface area contributed by atoms with Crippen LogP contribution in [-0.4, -0.2) is 48.9 Å². The van der Waals surface area contributed by atoms with Crippen molar-refractivity contribution in [2.75, 3.05) is 25.5 Å². The molecule has 1 aliphatic carbocycles. The van der Waals surface area contributed by atoms with Crippen LogP contribution < -0.4 is 15.4 Å². The van der Waals surface area contributed by atoms with Crippen LogP contribution in [0.3, 0.4) is 0 Å². The summed E-state index contributed by atoms with van der Waals surface area (Å²) in [6.07, 6.45) is 3.27. The van der Waals surface area contributed by atoms with Crippen LogP contribution in [0.25, 0.3) is 0 Å². The summed E-state index contributed by atoms with van der Waals surface area (Å²) in [6.45, 7) is 8.43. The largest absolute Gasteiger partial charge is 0.497 e. The second-order valence-electron chi connectivity index (χ2n) is 9.38. The molecule has 7 nitrogen and oxygen atoms in total. The summed E-state index contributed by atoms with van der Waals surface area (Å²) < 4.78 is 5.08. The highest BCUT2D eigenvalue weighted by molar-refractivity contribution is 5.95. The number of ether oxygens (including phenoxy) is 1. The van der Waals surface area contributed by atoms with Crippen molar-refractivity contribution in [3.8, 4) is 5.75 Å². The summed E-state index contributed by atoms with van der Waals surface area (Å²) in [6, 6.07) is 7.09. The standard InChI is InChI=1S/C23H35N3O4/c1-16(13-23(2,3)4)12-22(29)26(18-8-9-18)15-21(28)24-14-20(27)25-17-6-10-19(30-5)11-7-17/h6-7,10-11,16,18H,8-9,12-15H2,1-5H3,(H,24,28)(H,25,27)/t16-/m0/s1. The molecule has 0 heterocycles. The number of anilines is 1. The summed E-state index contributed by atoms with van der Waals surface area (Å²) in [5.41, 5.74) is 0.788. The van der Waals surface area contributed by atoms with E-state index in [-0.39, 0.29) is 48.2 Å². The number of nitrogens with zero attached hydrogens (tertiary/aromatic N) is 1. The van der Waals surface area contributed by atoms with Crippen LogP contribution in [0.5, 0.6) is 5.75 Å². The highest BCUT2D eigenvalue weighted by Gasteiger charge is 2.34. The molecule has 1 fully saturated rings. The SMILES string of the molecule is COc1ccc(NC(=O)CNC(=O)CN(C(=O)C[C@H](C)CC(C)(C)C)C2CC2)cc1. The highest BCUT2D eigenvalue weighted by atomic mass is 16.5. The maximum Gasteiger partial charge on any atom is 0.243 e. The number of carbonyl (C=O) groups excluding carboxylic acids is 3. The van der Waals surface area contributed by atoms with Gasteiger partial charge >= 0.3 is 0 Å². The van der Waals surface area contributed by atoms with Crippen LogP contribution in [0.2, 0.25) is 0 Å². The van der Waals surface area contributed by atoms with Gasteiger partial charge in [-0.05, 0) is 54.9 Å². The third kappa shape index (κ3) is 8.43. The third-order valence-corrected chi connectivity index (χ3v) is 4.93. The van der Waals surface area contributed by atoms with Crippen molar-refractivity contribution < 1.29 is 19.1 Å². The molecule has 2 rings (SSSR count). The van der Waals surface area contributed by atoms with Crippen molar-refractivity contribution in [1.82, 2.24) is 10.2 Å². The predicted octanol–water partition coefficient (Wildman–Crippen LogP) is 3.20. The van der Waals surface area contributed by atoms with E-state index >= 15 is 0 Å². The van der Waals surface area contributed by atoms with Gasteiger partial charge in [-0.25, -0.2) is 0 Å². The van der Waals surface area contributed by atoms with Gasteiger partial charge in [-0.15, -0.1) is 0 Å². The van der Waals surface area contributed by atoms with Gasteiger partial charge in [0, 0.05) is 18.2 Å². The molecule has 166 valence electrons. The number of amides is 3. The van der Waals surface area contributed by atoms with Crippen molar-refractivity contribution in [3.63, 3.8) is 0 Å². The van der Waals surface area contributed by atoms with Crippen molar-refractivity contribution in [1.29, 1.82) is 0 Å². The molecule has 1 aliphatic rings. The van der Waals surface area contributed by atoms with Crippen LogP contribution in [0.4, 0.5) is 5.69 Å². The molecule has 2 N–H and O–H groups in total. The predicted molar refractivity (Wildman–Crippen MR) is 117 cm³/mol. The normalized spacial score (nSPS) is 14.6. The molecular formula is C23H35N3O4. The lowest BCUT2D eigenvalue weighted by molar-refractivity contribution is -0.137. The van der Waals surface area contributed by atoms with Crippen LogP contribution >= 0.6 is 0 Å². The molecule has 1 aromatic carbocycles. The minimum Gasteiger partial charge on any atom is -0.497 e. The first-order valence-corrected chi connectivity index (χ1v) is 10.6. The number of benzene rings is 1. The minimum absolute atomic E-state index is 0.00154. The Kier molecular flexibility index (Phi) is 8.26. The van der Waals surface area contributed by atoms with Gasteiger partial charge in [0.05, 0.1) is 20.2 Å². The lowest BCUT2D eigenvalue weighted by atomic mass is 9.84. The fourth-order valence-corrected chi connectivity index (χ4v) is 3.61. The summed E-state index contributed by atoms with van der Waals surface area (Å²) in [4.78, 5) is 38.8. The Balaban J connectivity index is 1.79. The smallest absolute Gasteiger partial charge is 0.243 e. The molecule has 1 saturated carbocycles. The zero-order chi connectivity index (χ0) is 22.3. The first kappa shape index (κ1) is 23.7. The Labute approximate surface area is 179 Å². The molecule has 0 aromatic heterocycles. The zero-order valence-electron chi connectivity index (χ0n) is 18.8. The number of hydrogen-bond acceptors (Lipinski definition) is 4. The average molecular weight is 418 g/mol. The van der Waals surface area contributed by atoms with E-state index in [1.807, 2.05) is 0 Å². The van der Waals surface area contributed by atoms with Gasteiger partial charge < -0.3 is 20.3 Å². The lowest BCUT2D eigenvalue weighted by Crippen LogP contribution is -2.44. The number of nitrogens with one attached hydrogen (secondary N) is 2. The van der Waals surface area contributed by atoms with Crippen molar-refractivity contribution >= 4 is 23.4 Å². The van der Waals surface area contributed by atoms with E-state index < -0.39 is 0 Å². The van der Waals surface area contributed by atoms with Crippen LogP contribution in [-0.2, 0) is 14.4 Å². The number of methoxy groups -OCH3 is 1. The first-order chi connectivity index (χ1) is 14.1. The lowest BCUT2D eigenvalue weighted by Gasteiger charge is -2.26. The topological polar surface area (TPSA) is 87.7 Å². The molecule has 1 atom stereocenters. The Bertz CT molecular complexity index is 736. The Morgan fingerprint density at radius 1 is 1.13 bits per heavy atom. The molecular weight excluding hydrogens is 382 g/mol. The summed E-state index contributed by atoms with van der Waals surface area (Å²) in [5.74, 6) is 0.340. The first-order valence-electron chi connectivity index (χ1n) is 10.6. The molecule has 0 saturated heterocycles. The fourth-order valence-electron chi connectivity index (χ4n) is 3.61. The number of hydrogen-bond donors (Lipinski definition) is 2. The molecule has 0 spiro atoms. The van der Waals surface area contributed by atoms with Crippen molar-refractivity contribution in [2.24, 2.45) is 11.3 Å².